The lowest BCUT2D eigenvalue weighted by molar-refractivity contribution is -0.870. The molecular weight excluding hydrogens is 118 g/mol. The Morgan fingerprint density at radius 1 is 1.33 bits per heavy atom. The molecule has 0 amide bonds. The standard InChI is InChI=1S/C6H16NO2/c1-7(2,3)4-5-9-6-8/h8H,4-6H2,1-3H3/q+1. The molecule has 0 fully saturated rings. The minimum absolute atomic E-state index is 0.167. The van der Waals surface area contributed by atoms with E-state index in [0.29, 0.717) is 6.61 Å². The molecule has 3 heteroatoms. The van der Waals surface area contributed by atoms with Gasteiger partial charge in [-0.1, -0.05) is 0 Å². The molecule has 0 rings (SSSR count). The van der Waals surface area contributed by atoms with Crippen LogP contribution in [-0.4, -0.2) is 50.7 Å². The van der Waals surface area contributed by atoms with Crippen molar-refractivity contribution in [1.82, 2.24) is 0 Å². The molecule has 0 saturated heterocycles. The highest BCUT2D eigenvalue weighted by Crippen LogP contribution is 1.87. The van der Waals surface area contributed by atoms with Gasteiger partial charge in [-0.2, -0.15) is 0 Å². The fourth-order valence-electron chi connectivity index (χ4n) is 0.403. The molecule has 0 saturated carbocycles. The maximum atomic E-state index is 8.23. The molecule has 1 N–H and O–H groups in total. The van der Waals surface area contributed by atoms with E-state index >= 15 is 0 Å². The van der Waals surface area contributed by atoms with E-state index in [-0.39, 0.29) is 6.79 Å². The van der Waals surface area contributed by atoms with Crippen LogP contribution in [0.3, 0.4) is 0 Å². The molecule has 0 aromatic heterocycles. The minimum atomic E-state index is -0.167. The number of likely N-dealkylation sites (N-methyl/N-ethyl adjacent to an activating group) is 1. The molecule has 0 heterocycles. The lowest BCUT2D eigenvalue weighted by atomic mass is 10.5. The summed E-state index contributed by atoms with van der Waals surface area (Å²) in [6.45, 7) is 1.39. The largest absolute Gasteiger partial charge is 0.371 e. The van der Waals surface area contributed by atoms with E-state index in [9.17, 15) is 0 Å². The number of aliphatic hydroxyl groups is 1. The van der Waals surface area contributed by atoms with Crippen LogP contribution in [0.5, 0.6) is 0 Å². The minimum Gasteiger partial charge on any atom is -0.371 e. The van der Waals surface area contributed by atoms with Crippen molar-refractivity contribution in [2.75, 3.05) is 41.1 Å². The van der Waals surface area contributed by atoms with Crippen molar-refractivity contribution >= 4 is 0 Å². The van der Waals surface area contributed by atoms with Crippen molar-refractivity contribution in [3.05, 3.63) is 0 Å². The highest BCUT2D eigenvalue weighted by Gasteiger charge is 2.04. The van der Waals surface area contributed by atoms with Gasteiger partial charge >= 0.3 is 0 Å². The summed E-state index contributed by atoms with van der Waals surface area (Å²) in [5, 5.41) is 8.23. The van der Waals surface area contributed by atoms with Crippen LogP contribution >= 0.6 is 0 Å². The third-order valence-electron chi connectivity index (χ3n) is 0.998. The van der Waals surface area contributed by atoms with Crippen LogP contribution in [0.4, 0.5) is 0 Å². The van der Waals surface area contributed by atoms with E-state index in [1.165, 1.54) is 0 Å². The third kappa shape index (κ3) is 7.88. The first-order valence-electron chi connectivity index (χ1n) is 3.05. The third-order valence-corrected chi connectivity index (χ3v) is 0.998. The number of hydrogen-bond donors (Lipinski definition) is 1. The van der Waals surface area contributed by atoms with Crippen molar-refractivity contribution in [1.29, 1.82) is 0 Å². The van der Waals surface area contributed by atoms with Gasteiger partial charge in [-0.3, -0.25) is 0 Å². The SMILES string of the molecule is C[N+](C)(C)CCOCO. The fraction of sp³-hybridized carbons (Fsp3) is 1.00. The molecule has 0 unspecified atom stereocenters. The Balaban J connectivity index is 3.07. The molecule has 0 radical (unpaired) electrons. The average molecular weight is 134 g/mol. The van der Waals surface area contributed by atoms with E-state index in [4.69, 9.17) is 9.84 Å². The normalized spacial score (nSPS) is 12.0. The molecule has 0 aliphatic heterocycles. The lowest BCUT2D eigenvalue weighted by Crippen LogP contribution is -2.37. The Morgan fingerprint density at radius 2 is 1.89 bits per heavy atom. The van der Waals surface area contributed by atoms with Crippen molar-refractivity contribution in [2.24, 2.45) is 0 Å². The summed E-state index contributed by atoms with van der Waals surface area (Å²) in [5.41, 5.74) is 0. The van der Waals surface area contributed by atoms with Crippen LogP contribution in [0, 0.1) is 0 Å². The molecule has 9 heavy (non-hydrogen) atoms. The van der Waals surface area contributed by atoms with Crippen molar-refractivity contribution in [2.45, 2.75) is 0 Å². The van der Waals surface area contributed by atoms with Crippen LogP contribution in [0.15, 0.2) is 0 Å². The van der Waals surface area contributed by atoms with E-state index in [1.54, 1.807) is 0 Å². The van der Waals surface area contributed by atoms with Gasteiger partial charge < -0.3 is 14.3 Å². The van der Waals surface area contributed by atoms with Gasteiger partial charge in [-0.05, 0) is 0 Å². The van der Waals surface area contributed by atoms with Gasteiger partial charge in [0.15, 0.2) is 0 Å². The molecular formula is C6H16NO2+. The maximum absolute atomic E-state index is 8.23. The zero-order chi connectivity index (χ0) is 7.33. The van der Waals surface area contributed by atoms with Gasteiger partial charge in [0, 0.05) is 0 Å². The van der Waals surface area contributed by atoms with Crippen LogP contribution in [0.1, 0.15) is 0 Å². The Bertz CT molecular complexity index is 67.9. The summed E-state index contributed by atoms with van der Waals surface area (Å²) in [6, 6.07) is 0. The fourth-order valence-corrected chi connectivity index (χ4v) is 0.403. The topological polar surface area (TPSA) is 29.5 Å². The summed E-state index contributed by atoms with van der Waals surface area (Å²) in [6.07, 6.45) is 0. The molecule has 56 valence electrons. The smallest absolute Gasteiger partial charge is 0.143 e. The zero-order valence-corrected chi connectivity index (χ0v) is 6.42. The highest BCUT2D eigenvalue weighted by molar-refractivity contribution is 4.23. The number of nitrogens with zero attached hydrogens (tertiary/aromatic N) is 1. The van der Waals surface area contributed by atoms with Gasteiger partial charge in [-0.15, -0.1) is 0 Å². The second-order valence-electron chi connectivity index (χ2n) is 3.05. The van der Waals surface area contributed by atoms with Crippen molar-refractivity contribution < 1.29 is 14.3 Å². The van der Waals surface area contributed by atoms with E-state index in [1.807, 2.05) is 0 Å². The maximum Gasteiger partial charge on any atom is 0.143 e. The van der Waals surface area contributed by atoms with Crippen LogP contribution in [0.25, 0.3) is 0 Å². The number of aliphatic hydroxyl groups excluding tert-OH is 1. The highest BCUT2D eigenvalue weighted by atomic mass is 16.6. The molecule has 0 aromatic rings. The van der Waals surface area contributed by atoms with Gasteiger partial charge in [-0.25, -0.2) is 0 Å². The van der Waals surface area contributed by atoms with Crippen LogP contribution in [-0.2, 0) is 4.74 Å². The number of rotatable bonds is 4. The van der Waals surface area contributed by atoms with Crippen LogP contribution < -0.4 is 0 Å². The second kappa shape index (κ2) is 3.82. The van der Waals surface area contributed by atoms with E-state index < -0.39 is 0 Å². The second-order valence-corrected chi connectivity index (χ2v) is 3.05. The summed E-state index contributed by atoms with van der Waals surface area (Å²) in [7, 11) is 6.25. The Morgan fingerprint density at radius 3 is 2.22 bits per heavy atom. The predicted octanol–water partition coefficient (Wildman–Crippen LogP) is -0.341. The quantitative estimate of drug-likeness (QED) is 0.324. The first-order chi connectivity index (χ1) is 4.06. The molecule has 0 aromatic carbocycles. The van der Waals surface area contributed by atoms with Crippen molar-refractivity contribution in [3.8, 4) is 0 Å². The first-order valence-corrected chi connectivity index (χ1v) is 3.05. The molecule has 3 nitrogen and oxygen atoms in total. The Hall–Kier alpha value is -0.120. The Kier molecular flexibility index (Phi) is 3.77. The van der Waals surface area contributed by atoms with Gasteiger partial charge in [0.1, 0.15) is 13.3 Å². The van der Waals surface area contributed by atoms with E-state index in [0.717, 1.165) is 11.0 Å². The zero-order valence-electron chi connectivity index (χ0n) is 6.42. The van der Waals surface area contributed by atoms with Gasteiger partial charge in [0.05, 0.1) is 27.7 Å². The molecule has 0 spiro atoms. The molecule has 0 aliphatic rings. The monoisotopic (exact) mass is 134 g/mol. The summed E-state index contributed by atoms with van der Waals surface area (Å²) in [5.74, 6) is 0. The lowest BCUT2D eigenvalue weighted by Gasteiger charge is -2.23. The van der Waals surface area contributed by atoms with Gasteiger partial charge in [0.2, 0.25) is 0 Å². The molecule has 0 atom stereocenters. The molecule has 0 aliphatic carbocycles. The van der Waals surface area contributed by atoms with Crippen LogP contribution in [0.2, 0.25) is 0 Å². The average Bonchev–Trinajstić information content (AvgIpc) is 1.63. The van der Waals surface area contributed by atoms with Gasteiger partial charge in [0.25, 0.3) is 0 Å². The van der Waals surface area contributed by atoms with E-state index in [2.05, 4.69) is 21.1 Å². The number of ether oxygens (including phenoxy) is 1. The summed E-state index contributed by atoms with van der Waals surface area (Å²) >= 11 is 0. The Labute approximate surface area is 56.4 Å². The first kappa shape index (κ1) is 8.88. The molecule has 0 bridgehead atoms. The summed E-state index contributed by atoms with van der Waals surface area (Å²) < 4.78 is 5.62. The van der Waals surface area contributed by atoms with Crippen molar-refractivity contribution in [3.63, 3.8) is 0 Å². The number of quaternary nitrogens is 1. The number of hydrogen-bond acceptors (Lipinski definition) is 2. The summed E-state index contributed by atoms with van der Waals surface area (Å²) in [4.78, 5) is 0. The predicted molar refractivity (Wildman–Crippen MR) is 35.9 cm³/mol.